The lowest BCUT2D eigenvalue weighted by molar-refractivity contribution is 0.0959. The molecule has 138 valence electrons. The van der Waals surface area contributed by atoms with E-state index in [2.05, 4.69) is 17.2 Å². The Bertz CT molecular complexity index is 1040. The van der Waals surface area contributed by atoms with Gasteiger partial charge in [-0.3, -0.25) is 4.79 Å². The van der Waals surface area contributed by atoms with Gasteiger partial charge < -0.3 is 19.8 Å². The molecule has 2 aromatic carbocycles. The molecule has 27 heavy (non-hydrogen) atoms. The Kier molecular flexibility index (Phi) is 5.56. The number of hydrogen-bond acceptors (Lipinski definition) is 5. The van der Waals surface area contributed by atoms with E-state index in [0.717, 1.165) is 10.9 Å². The van der Waals surface area contributed by atoms with Gasteiger partial charge in [0.2, 0.25) is 0 Å². The molecule has 0 bridgehead atoms. The predicted molar refractivity (Wildman–Crippen MR) is 105 cm³/mol. The highest BCUT2D eigenvalue weighted by Gasteiger charge is 2.11. The quantitative estimate of drug-likeness (QED) is 0.496. The summed E-state index contributed by atoms with van der Waals surface area (Å²) in [6, 6.07) is 14.0. The molecule has 0 aliphatic carbocycles. The summed E-state index contributed by atoms with van der Waals surface area (Å²) in [4.78, 5) is 24.2. The lowest BCUT2D eigenvalue weighted by Gasteiger charge is -2.13. The molecule has 0 radical (unpaired) electrons. The van der Waals surface area contributed by atoms with Gasteiger partial charge in [-0.1, -0.05) is 18.2 Å². The number of carbonyl (C=O) groups is 1. The van der Waals surface area contributed by atoms with Crippen LogP contribution in [0.5, 0.6) is 5.75 Å². The molecule has 6 heteroatoms. The predicted octanol–water partition coefficient (Wildman–Crippen LogP) is 3.33. The summed E-state index contributed by atoms with van der Waals surface area (Å²) in [6.45, 7) is 4.35. The zero-order chi connectivity index (χ0) is 19.2. The van der Waals surface area contributed by atoms with Crippen LogP contribution in [0.1, 0.15) is 15.9 Å². The van der Waals surface area contributed by atoms with Crippen molar-refractivity contribution < 1.29 is 13.9 Å². The van der Waals surface area contributed by atoms with Crippen molar-refractivity contribution in [3.63, 3.8) is 0 Å². The van der Waals surface area contributed by atoms with Gasteiger partial charge in [0.05, 0.1) is 12.7 Å². The van der Waals surface area contributed by atoms with Gasteiger partial charge in [0.1, 0.15) is 11.3 Å². The van der Waals surface area contributed by atoms with Crippen LogP contribution in [0.3, 0.4) is 0 Å². The molecule has 0 unspecified atom stereocenters. The van der Waals surface area contributed by atoms with Crippen LogP contribution in [-0.2, 0) is 6.54 Å². The molecular weight excluding hydrogens is 344 g/mol. The van der Waals surface area contributed by atoms with Crippen LogP contribution in [0.4, 0.5) is 5.69 Å². The van der Waals surface area contributed by atoms with E-state index in [4.69, 9.17) is 9.15 Å². The summed E-state index contributed by atoms with van der Waals surface area (Å²) < 4.78 is 10.4. The van der Waals surface area contributed by atoms with Gasteiger partial charge in [-0.15, -0.1) is 6.58 Å². The molecule has 3 rings (SSSR count). The van der Waals surface area contributed by atoms with E-state index in [1.54, 1.807) is 31.4 Å². The number of nitrogens with one attached hydrogen (secondary N) is 2. The van der Waals surface area contributed by atoms with Gasteiger partial charge >= 0.3 is 5.63 Å². The summed E-state index contributed by atoms with van der Waals surface area (Å²) >= 11 is 0. The monoisotopic (exact) mass is 364 g/mol. The molecule has 1 amide bonds. The van der Waals surface area contributed by atoms with Crippen molar-refractivity contribution in [2.75, 3.05) is 19.0 Å². The highest BCUT2D eigenvalue weighted by atomic mass is 16.5. The summed E-state index contributed by atoms with van der Waals surface area (Å²) in [5, 5.41) is 6.80. The van der Waals surface area contributed by atoms with E-state index in [9.17, 15) is 9.59 Å². The Morgan fingerprint density at radius 1 is 1.22 bits per heavy atom. The number of ether oxygens (including phenoxy) is 1. The number of hydrogen-bond donors (Lipinski definition) is 2. The van der Waals surface area contributed by atoms with Crippen LogP contribution in [0, 0.1) is 0 Å². The van der Waals surface area contributed by atoms with Gasteiger partial charge in [-0.25, -0.2) is 4.79 Å². The third kappa shape index (κ3) is 4.17. The maximum atomic E-state index is 12.3. The summed E-state index contributed by atoms with van der Waals surface area (Å²) in [7, 11) is 1.55. The number of rotatable bonds is 7. The molecule has 0 saturated heterocycles. The van der Waals surface area contributed by atoms with E-state index in [-0.39, 0.29) is 5.91 Å². The van der Waals surface area contributed by atoms with Crippen molar-refractivity contribution >= 4 is 22.6 Å². The summed E-state index contributed by atoms with van der Waals surface area (Å²) in [5.74, 6) is 0.417. The number of para-hydroxylation sites is 1. The number of carbonyl (C=O) groups excluding carboxylic acids is 1. The standard InChI is InChI=1S/C21H20N2O4/c1-3-10-22-21(25)17-6-4-5-7-18(17)23-13-14-11-20(24)27-19-12-15(26-2)8-9-16(14)19/h3-9,11-12,23H,1,10,13H2,2H3,(H,22,25). The largest absolute Gasteiger partial charge is 0.497 e. The van der Waals surface area contributed by atoms with Crippen LogP contribution < -0.4 is 21.0 Å². The van der Waals surface area contributed by atoms with E-state index in [1.165, 1.54) is 6.07 Å². The third-order valence-corrected chi connectivity index (χ3v) is 4.09. The number of fused-ring (bicyclic) bond motifs is 1. The van der Waals surface area contributed by atoms with Gasteiger partial charge in [-0.2, -0.15) is 0 Å². The van der Waals surface area contributed by atoms with Crippen LogP contribution >= 0.6 is 0 Å². The van der Waals surface area contributed by atoms with Crippen LogP contribution in [-0.4, -0.2) is 19.6 Å². The maximum Gasteiger partial charge on any atom is 0.336 e. The Balaban J connectivity index is 1.88. The fourth-order valence-electron chi connectivity index (χ4n) is 2.77. The molecule has 2 N–H and O–H groups in total. The topological polar surface area (TPSA) is 80.6 Å². The van der Waals surface area contributed by atoms with Crippen molar-refractivity contribution in [3.05, 3.63) is 82.7 Å². The molecule has 3 aromatic rings. The van der Waals surface area contributed by atoms with Crippen molar-refractivity contribution in [1.29, 1.82) is 0 Å². The molecule has 0 fully saturated rings. The highest BCUT2D eigenvalue weighted by molar-refractivity contribution is 5.99. The molecule has 0 aliphatic heterocycles. The first-order chi connectivity index (χ1) is 13.1. The van der Waals surface area contributed by atoms with E-state index >= 15 is 0 Å². The normalized spacial score (nSPS) is 10.4. The molecule has 0 aliphatic rings. The Morgan fingerprint density at radius 3 is 2.81 bits per heavy atom. The molecular formula is C21H20N2O4. The zero-order valence-electron chi connectivity index (χ0n) is 15.0. The lowest BCUT2D eigenvalue weighted by Crippen LogP contribution is -2.24. The van der Waals surface area contributed by atoms with Crippen LogP contribution in [0.2, 0.25) is 0 Å². The SMILES string of the molecule is C=CCNC(=O)c1ccccc1NCc1cc(=O)oc2cc(OC)ccc12. The molecule has 0 saturated carbocycles. The van der Waals surface area contributed by atoms with Gasteiger partial charge in [0, 0.05) is 36.3 Å². The third-order valence-electron chi connectivity index (χ3n) is 4.09. The molecule has 1 aromatic heterocycles. The minimum absolute atomic E-state index is 0.194. The number of benzene rings is 2. The fraction of sp³-hybridized carbons (Fsp3) is 0.143. The summed E-state index contributed by atoms with van der Waals surface area (Å²) in [5.41, 5.74) is 1.98. The number of amides is 1. The summed E-state index contributed by atoms with van der Waals surface area (Å²) in [6.07, 6.45) is 1.62. The fourth-order valence-corrected chi connectivity index (χ4v) is 2.77. The van der Waals surface area contributed by atoms with Gasteiger partial charge in [0.25, 0.3) is 5.91 Å². The van der Waals surface area contributed by atoms with Crippen molar-refractivity contribution in [3.8, 4) is 5.75 Å². The highest BCUT2D eigenvalue weighted by Crippen LogP contribution is 2.24. The minimum atomic E-state index is -0.440. The van der Waals surface area contributed by atoms with Gasteiger partial charge in [0.15, 0.2) is 0 Å². The average Bonchev–Trinajstić information content (AvgIpc) is 2.69. The second-order valence-electron chi connectivity index (χ2n) is 5.85. The zero-order valence-corrected chi connectivity index (χ0v) is 15.0. The van der Waals surface area contributed by atoms with Crippen LogP contribution in [0.25, 0.3) is 11.0 Å². The maximum absolute atomic E-state index is 12.3. The molecule has 6 nitrogen and oxygen atoms in total. The van der Waals surface area contributed by atoms with E-state index in [0.29, 0.717) is 35.7 Å². The van der Waals surface area contributed by atoms with Crippen molar-refractivity contribution in [2.45, 2.75) is 6.54 Å². The first-order valence-corrected chi connectivity index (χ1v) is 8.45. The Hall–Kier alpha value is -3.54. The average molecular weight is 364 g/mol. The second kappa shape index (κ2) is 8.23. The van der Waals surface area contributed by atoms with Crippen molar-refractivity contribution in [2.24, 2.45) is 0 Å². The minimum Gasteiger partial charge on any atom is -0.497 e. The second-order valence-corrected chi connectivity index (χ2v) is 5.85. The lowest BCUT2D eigenvalue weighted by atomic mass is 10.1. The van der Waals surface area contributed by atoms with E-state index in [1.807, 2.05) is 24.3 Å². The Morgan fingerprint density at radius 2 is 2.04 bits per heavy atom. The molecule has 0 spiro atoms. The first kappa shape index (κ1) is 18.3. The first-order valence-electron chi connectivity index (χ1n) is 8.45. The number of anilines is 1. The number of methoxy groups -OCH3 is 1. The van der Waals surface area contributed by atoms with Crippen LogP contribution in [0.15, 0.2) is 70.4 Å². The smallest absolute Gasteiger partial charge is 0.336 e. The molecule has 1 heterocycles. The van der Waals surface area contributed by atoms with E-state index < -0.39 is 5.63 Å². The molecule has 0 atom stereocenters. The van der Waals surface area contributed by atoms with Gasteiger partial charge in [-0.05, 0) is 29.8 Å². The van der Waals surface area contributed by atoms with Crippen molar-refractivity contribution in [1.82, 2.24) is 5.32 Å². The Labute approximate surface area is 156 Å².